The molecule has 0 radical (unpaired) electrons. The van der Waals surface area contributed by atoms with Crippen LogP contribution in [0.5, 0.6) is 0 Å². The molecular formula is C18H24ClNOS. The predicted octanol–water partition coefficient (Wildman–Crippen LogP) is 4.76. The Balaban J connectivity index is 1.54. The minimum absolute atomic E-state index is 0.124. The van der Waals surface area contributed by atoms with Crippen molar-refractivity contribution < 1.29 is 4.79 Å². The van der Waals surface area contributed by atoms with Crippen LogP contribution in [0.15, 0.2) is 29.2 Å². The van der Waals surface area contributed by atoms with E-state index in [0.29, 0.717) is 10.9 Å². The van der Waals surface area contributed by atoms with Gasteiger partial charge >= 0.3 is 0 Å². The molecule has 0 heterocycles. The second-order valence-electron chi connectivity index (χ2n) is 6.83. The van der Waals surface area contributed by atoms with Crippen molar-refractivity contribution in [1.29, 1.82) is 0 Å². The number of hydrogen-bond acceptors (Lipinski definition) is 2. The molecule has 120 valence electrons. The molecule has 1 amide bonds. The number of carbonyl (C=O) groups excluding carboxylic acids is 1. The number of benzene rings is 1. The van der Waals surface area contributed by atoms with Gasteiger partial charge in [-0.05, 0) is 63.0 Å². The van der Waals surface area contributed by atoms with Crippen molar-refractivity contribution in [1.82, 2.24) is 5.32 Å². The van der Waals surface area contributed by atoms with Gasteiger partial charge in [-0.3, -0.25) is 4.79 Å². The smallest absolute Gasteiger partial charge is 0.233 e. The summed E-state index contributed by atoms with van der Waals surface area (Å²) in [5.41, 5.74) is 0. The van der Waals surface area contributed by atoms with E-state index >= 15 is 0 Å². The molecule has 2 saturated carbocycles. The lowest BCUT2D eigenvalue weighted by Crippen LogP contribution is -2.43. The maximum Gasteiger partial charge on any atom is 0.233 e. The van der Waals surface area contributed by atoms with Crippen molar-refractivity contribution in [3.8, 4) is 0 Å². The van der Waals surface area contributed by atoms with E-state index in [1.54, 1.807) is 0 Å². The first-order valence-electron chi connectivity index (χ1n) is 8.26. The summed E-state index contributed by atoms with van der Waals surface area (Å²) < 4.78 is 0. The Bertz CT molecular complexity index is 550. The lowest BCUT2D eigenvalue weighted by molar-refractivity contribution is -0.121. The largest absolute Gasteiger partial charge is 0.352 e. The maximum absolute atomic E-state index is 12.5. The second kappa shape index (κ2) is 6.84. The number of halogens is 1. The van der Waals surface area contributed by atoms with Crippen LogP contribution in [0.4, 0.5) is 0 Å². The van der Waals surface area contributed by atoms with Crippen molar-refractivity contribution in [3.63, 3.8) is 0 Å². The van der Waals surface area contributed by atoms with Gasteiger partial charge in [0, 0.05) is 10.9 Å². The van der Waals surface area contributed by atoms with Gasteiger partial charge in [-0.15, -0.1) is 11.8 Å². The molecule has 1 N–H and O–H groups in total. The Morgan fingerprint density at radius 1 is 1.27 bits per heavy atom. The van der Waals surface area contributed by atoms with Crippen LogP contribution in [-0.2, 0) is 4.79 Å². The lowest BCUT2D eigenvalue weighted by atomic mass is 9.84. The Morgan fingerprint density at radius 3 is 2.68 bits per heavy atom. The molecule has 3 rings (SSSR count). The van der Waals surface area contributed by atoms with Crippen molar-refractivity contribution in [2.75, 3.05) is 0 Å². The Kier molecular flexibility index (Phi) is 5.03. The van der Waals surface area contributed by atoms with Crippen LogP contribution >= 0.6 is 23.4 Å². The molecule has 1 aromatic rings. The summed E-state index contributed by atoms with van der Waals surface area (Å²) in [4.78, 5) is 13.4. The van der Waals surface area contributed by atoms with Crippen LogP contribution in [0.1, 0.15) is 39.5 Å². The normalized spacial score (nSPS) is 29.3. The van der Waals surface area contributed by atoms with Gasteiger partial charge in [-0.1, -0.05) is 30.2 Å². The monoisotopic (exact) mass is 337 g/mol. The maximum atomic E-state index is 12.5. The fourth-order valence-corrected chi connectivity index (χ4v) is 5.30. The van der Waals surface area contributed by atoms with Crippen LogP contribution in [-0.4, -0.2) is 17.2 Å². The molecule has 0 unspecified atom stereocenters. The van der Waals surface area contributed by atoms with Gasteiger partial charge in [0.15, 0.2) is 0 Å². The standard InChI is InChI=1S/C18H24ClNOS/c1-11(15-10-13-7-8-14(15)9-13)20-18(21)12(2)22-17-6-4-3-5-16(17)19/h3-6,11-15H,7-10H2,1-2H3,(H,20,21)/t11-,12-,13-,14-,15+/m0/s1. The Hall–Kier alpha value is -0.670. The average Bonchev–Trinajstić information content (AvgIpc) is 3.12. The first-order valence-corrected chi connectivity index (χ1v) is 9.52. The summed E-state index contributed by atoms with van der Waals surface area (Å²) >= 11 is 7.71. The lowest BCUT2D eigenvalue weighted by Gasteiger charge is -2.29. The zero-order valence-corrected chi connectivity index (χ0v) is 14.8. The van der Waals surface area contributed by atoms with Gasteiger partial charge in [0.1, 0.15) is 0 Å². The molecule has 2 bridgehead atoms. The summed E-state index contributed by atoms with van der Waals surface area (Å²) in [7, 11) is 0. The molecule has 5 atom stereocenters. The number of amides is 1. The second-order valence-corrected chi connectivity index (χ2v) is 8.62. The Labute approximate surface area is 142 Å². The molecule has 0 aromatic heterocycles. The van der Waals surface area contributed by atoms with Gasteiger partial charge in [0.05, 0.1) is 10.3 Å². The third-order valence-electron chi connectivity index (χ3n) is 5.31. The summed E-state index contributed by atoms with van der Waals surface area (Å²) in [5, 5.41) is 3.84. The molecule has 2 aliphatic rings. The highest BCUT2D eigenvalue weighted by molar-refractivity contribution is 8.00. The zero-order valence-electron chi connectivity index (χ0n) is 13.2. The summed E-state index contributed by atoms with van der Waals surface area (Å²) in [5.74, 6) is 2.57. The minimum Gasteiger partial charge on any atom is -0.352 e. The molecule has 0 spiro atoms. The van der Waals surface area contributed by atoms with E-state index in [9.17, 15) is 4.79 Å². The third-order valence-corrected chi connectivity index (χ3v) is 6.93. The zero-order chi connectivity index (χ0) is 15.7. The van der Waals surface area contributed by atoms with Crippen molar-refractivity contribution in [2.45, 2.75) is 55.7 Å². The van der Waals surface area contributed by atoms with Gasteiger partial charge in [-0.2, -0.15) is 0 Å². The van der Waals surface area contributed by atoms with E-state index < -0.39 is 0 Å². The molecule has 2 aliphatic carbocycles. The number of carbonyl (C=O) groups is 1. The number of nitrogens with one attached hydrogen (secondary N) is 1. The van der Waals surface area contributed by atoms with E-state index in [2.05, 4.69) is 12.2 Å². The molecule has 2 fully saturated rings. The van der Waals surface area contributed by atoms with Gasteiger partial charge < -0.3 is 5.32 Å². The van der Waals surface area contributed by atoms with Gasteiger partial charge in [0.2, 0.25) is 5.91 Å². The van der Waals surface area contributed by atoms with Crippen LogP contribution in [0.25, 0.3) is 0 Å². The molecule has 2 nitrogen and oxygen atoms in total. The van der Waals surface area contributed by atoms with Crippen LogP contribution in [0, 0.1) is 17.8 Å². The quantitative estimate of drug-likeness (QED) is 0.785. The minimum atomic E-state index is -0.124. The van der Waals surface area contributed by atoms with Crippen LogP contribution in [0.2, 0.25) is 5.02 Å². The predicted molar refractivity (Wildman–Crippen MR) is 93.3 cm³/mol. The number of hydrogen-bond donors (Lipinski definition) is 1. The van der Waals surface area contributed by atoms with E-state index in [1.807, 2.05) is 31.2 Å². The fraction of sp³-hybridized carbons (Fsp3) is 0.611. The van der Waals surface area contributed by atoms with E-state index in [1.165, 1.54) is 37.4 Å². The molecule has 4 heteroatoms. The molecular weight excluding hydrogens is 314 g/mol. The van der Waals surface area contributed by atoms with Crippen LogP contribution in [0.3, 0.4) is 0 Å². The SMILES string of the molecule is C[C@H](Sc1ccccc1Cl)C(=O)N[C@@H](C)[C@H]1C[C@H]2CC[C@H]1C2. The van der Waals surface area contributed by atoms with E-state index in [0.717, 1.165) is 16.7 Å². The summed E-state index contributed by atoms with van der Waals surface area (Å²) in [6.07, 6.45) is 5.45. The highest BCUT2D eigenvalue weighted by atomic mass is 35.5. The van der Waals surface area contributed by atoms with E-state index in [4.69, 9.17) is 11.6 Å². The average molecular weight is 338 g/mol. The first-order chi connectivity index (χ1) is 10.5. The van der Waals surface area contributed by atoms with Gasteiger partial charge in [0.25, 0.3) is 0 Å². The van der Waals surface area contributed by atoms with Crippen molar-refractivity contribution in [3.05, 3.63) is 29.3 Å². The highest BCUT2D eigenvalue weighted by Crippen LogP contribution is 2.49. The fourth-order valence-electron chi connectivity index (χ4n) is 4.14. The third kappa shape index (κ3) is 3.46. The van der Waals surface area contributed by atoms with Crippen molar-refractivity contribution in [2.24, 2.45) is 17.8 Å². The molecule has 0 aliphatic heterocycles. The summed E-state index contributed by atoms with van der Waals surface area (Å²) in [6.45, 7) is 4.13. The molecule has 22 heavy (non-hydrogen) atoms. The Morgan fingerprint density at radius 2 is 2.05 bits per heavy atom. The number of rotatable bonds is 5. The topological polar surface area (TPSA) is 29.1 Å². The molecule has 0 saturated heterocycles. The number of thioether (sulfide) groups is 1. The highest BCUT2D eigenvalue weighted by Gasteiger charge is 2.42. The number of fused-ring (bicyclic) bond motifs is 2. The summed E-state index contributed by atoms with van der Waals surface area (Å²) in [6, 6.07) is 7.99. The first kappa shape index (κ1) is 16.2. The van der Waals surface area contributed by atoms with Crippen LogP contribution < -0.4 is 5.32 Å². The van der Waals surface area contributed by atoms with Gasteiger partial charge in [-0.25, -0.2) is 0 Å². The van der Waals surface area contributed by atoms with E-state index in [-0.39, 0.29) is 17.2 Å². The van der Waals surface area contributed by atoms with Crippen molar-refractivity contribution >= 4 is 29.3 Å². The molecule has 1 aromatic carbocycles.